The molecule has 28 heavy (non-hydrogen) atoms. The van der Waals surface area contributed by atoms with Crippen molar-refractivity contribution in [2.24, 2.45) is 5.16 Å². The fraction of sp³-hybridized carbons (Fsp3) is 0.400. The van der Waals surface area contributed by atoms with Crippen LogP contribution in [-0.2, 0) is 19.2 Å². The van der Waals surface area contributed by atoms with Crippen LogP contribution in [0.1, 0.15) is 18.5 Å². The first kappa shape index (κ1) is 19.0. The van der Waals surface area contributed by atoms with Crippen LogP contribution in [0.15, 0.2) is 21.3 Å². The summed E-state index contributed by atoms with van der Waals surface area (Å²) in [4.78, 5) is 47.0. The second kappa shape index (κ2) is 7.26. The van der Waals surface area contributed by atoms with E-state index >= 15 is 0 Å². The number of fused-ring (bicyclic) bond motifs is 1. The lowest BCUT2D eigenvalue weighted by Gasteiger charge is -2.48. The van der Waals surface area contributed by atoms with Crippen molar-refractivity contribution < 1.29 is 24.3 Å². The summed E-state index contributed by atoms with van der Waals surface area (Å²) >= 11 is 8.36. The van der Waals surface area contributed by atoms with E-state index in [9.17, 15) is 19.5 Å². The number of nitrogen functional groups attached to an aromatic ring is 1. The second-order valence-corrected chi connectivity index (χ2v) is 8.69. The van der Waals surface area contributed by atoms with Gasteiger partial charge >= 0.3 is 5.97 Å². The maximum atomic E-state index is 12.8. The molecular formula is C15H14ClN5O5S2. The number of carbonyl (C=O) groups excluding carboxylic acids is 2. The molecule has 2 fully saturated rings. The first-order chi connectivity index (χ1) is 13.4. The third kappa shape index (κ3) is 3.42. The number of nitrogens with two attached hydrogens (primary N) is 1. The minimum absolute atomic E-state index is 0.0288. The van der Waals surface area contributed by atoms with E-state index in [0.717, 1.165) is 29.1 Å². The first-order valence-corrected chi connectivity index (χ1v) is 10.5. The molecule has 1 saturated carbocycles. The molecule has 0 aromatic carbocycles. The number of carboxylic acid groups (broad SMARTS) is 1. The van der Waals surface area contributed by atoms with Crippen molar-refractivity contribution in [1.29, 1.82) is 0 Å². The van der Waals surface area contributed by atoms with Crippen molar-refractivity contribution in [3.05, 3.63) is 21.8 Å². The van der Waals surface area contributed by atoms with Crippen LogP contribution >= 0.6 is 34.7 Å². The highest BCUT2D eigenvalue weighted by Gasteiger charge is 2.54. The molecule has 1 aromatic heterocycles. The molecule has 2 amide bonds. The zero-order valence-electron chi connectivity index (χ0n) is 14.1. The quantitative estimate of drug-likeness (QED) is 0.328. The van der Waals surface area contributed by atoms with Crippen molar-refractivity contribution in [3.8, 4) is 0 Å². The zero-order valence-corrected chi connectivity index (χ0v) is 16.5. The van der Waals surface area contributed by atoms with Gasteiger partial charge in [0.2, 0.25) is 0 Å². The third-order valence-electron chi connectivity index (χ3n) is 4.21. The summed E-state index contributed by atoms with van der Waals surface area (Å²) in [6, 6.07) is -0.904. The second-order valence-electron chi connectivity index (χ2n) is 6.24. The number of anilines is 1. The van der Waals surface area contributed by atoms with Gasteiger partial charge in [-0.1, -0.05) is 16.8 Å². The molecule has 4 rings (SSSR count). The van der Waals surface area contributed by atoms with E-state index in [1.54, 1.807) is 5.38 Å². The van der Waals surface area contributed by atoms with Crippen LogP contribution in [0.4, 0.5) is 5.13 Å². The van der Waals surface area contributed by atoms with Gasteiger partial charge in [-0.05, 0) is 12.8 Å². The number of nitrogens with zero attached hydrogens (tertiary/aromatic N) is 3. The SMILES string of the molecule is Nc1nc(/C(=N\OC2CC2)C(=O)N[C@@H]2C(=O)N3C(C(=O)O)=C(Cl)CS[C@H]23)cs1. The maximum absolute atomic E-state index is 12.8. The summed E-state index contributed by atoms with van der Waals surface area (Å²) in [5, 5.41) is 17.2. The number of oxime groups is 1. The highest BCUT2D eigenvalue weighted by molar-refractivity contribution is 8.00. The van der Waals surface area contributed by atoms with Crippen LogP contribution in [-0.4, -0.2) is 61.8 Å². The number of β-lactam (4-membered cyclic amide) rings is 1. The van der Waals surface area contributed by atoms with E-state index in [-0.39, 0.29) is 39.1 Å². The number of thiazole rings is 1. The Morgan fingerprint density at radius 3 is 2.82 bits per heavy atom. The first-order valence-electron chi connectivity index (χ1n) is 8.19. The van der Waals surface area contributed by atoms with Crippen molar-refractivity contribution in [1.82, 2.24) is 15.2 Å². The molecule has 13 heteroatoms. The van der Waals surface area contributed by atoms with Crippen LogP contribution in [0.2, 0.25) is 0 Å². The fourth-order valence-corrected chi connectivity index (χ4v) is 4.79. The molecule has 0 bridgehead atoms. The van der Waals surface area contributed by atoms with Gasteiger partial charge in [0.05, 0.1) is 5.03 Å². The number of hydrogen-bond acceptors (Lipinski definition) is 9. The lowest BCUT2D eigenvalue weighted by molar-refractivity contribution is -0.150. The molecule has 0 radical (unpaired) electrons. The van der Waals surface area contributed by atoms with E-state index in [0.29, 0.717) is 0 Å². The largest absolute Gasteiger partial charge is 0.477 e. The smallest absolute Gasteiger partial charge is 0.353 e. The topological polar surface area (TPSA) is 147 Å². The highest BCUT2D eigenvalue weighted by Crippen LogP contribution is 2.41. The van der Waals surface area contributed by atoms with Crippen molar-refractivity contribution in [2.75, 3.05) is 11.5 Å². The third-order valence-corrected chi connectivity index (χ3v) is 6.63. The summed E-state index contributed by atoms with van der Waals surface area (Å²) in [5.74, 6) is -2.26. The van der Waals surface area contributed by atoms with Gasteiger partial charge in [-0.25, -0.2) is 9.78 Å². The molecule has 0 spiro atoms. The number of rotatable bonds is 6. The molecule has 1 saturated heterocycles. The normalized spacial score (nSPS) is 24.5. The zero-order chi connectivity index (χ0) is 20.0. The Morgan fingerprint density at radius 1 is 1.46 bits per heavy atom. The van der Waals surface area contributed by atoms with Crippen LogP contribution in [0.5, 0.6) is 0 Å². The van der Waals surface area contributed by atoms with Gasteiger partial charge in [-0.15, -0.1) is 23.1 Å². The number of halogens is 1. The molecule has 2 atom stereocenters. The van der Waals surface area contributed by atoms with Gasteiger partial charge in [0, 0.05) is 11.1 Å². The predicted molar refractivity (Wildman–Crippen MR) is 103 cm³/mol. The van der Waals surface area contributed by atoms with E-state index in [2.05, 4.69) is 15.5 Å². The lowest BCUT2D eigenvalue weighted by Crippen LogP contribution is -2.71. The van der Waals surface area contributed by atoms with Crippen molar-refractivity contribution in [3.63, 3.8) is 0 Å². The number of aliphatic carboxylic acids is 1. The van der Waals surface area contributed by atoms with E-state index in [1.807, 2.05) is 0 Å². The Labute approximate surface area is 171 Å². The molecule has 1 aliphatic carbocycles. The number of amides is 2. The average Bonchev–Trinajstić information content (AvgIpc) is 3.38. The molecule has 1 aromatic rings. The standard InChI is InChI=1S/C15H14ClN5O5S2/c16-6-3-27-13-9(12(23)21(13)10(6)14(24)25)19-11(22)8(20-26-5-1-2-5)7-4-28-15(17)18-7/h4-5,9,13H,1-3H2,(H2,17,18)(H,19,22)(H,24,25)/b20-8+/t9-,13-/m1/s1. The summed E-state index contributed by atoms with van der Waals surface area (Å²) < 4.78 is 0. The number of thioether (sulfide) groups is 1. The van der Waals surface area contributed by atoms with E-state index in [1.165, 1.54) is 11.8 Å². The van der Waals surface area contributed by atoms with Gasteiger partial charge in [0.25, 0.3) is 11.8 Å². The van der Waals surface area contributed by atoms with Gasteiger partial charge in [0.15, 0.2) is 10.8 Å². The van der Waals surface area contributed by atoms with Crippen molar-refractivity contribution >= 4 is 63.3 Å². The van der Waals surface area contributed by atoms with Gasteiger partial charge in [0.1, 0.15) is 28.9 Å². The molecule has 4 N–H and O–H groups in total. The monoisotopic (exact) mass is 443 g/mol. The van der Waals surface area contributed by atoms with Crippen molar-refractivity contribution in [2.45, 2.75) is 30.4 Å². The van der Waals surface area contributed by atoms with Gasteiger partial charge < -0.3 is 21.0 Å². The number of carboxylic acids is 1. The van der Waals surface area contributed by atoms with E-state index < -0.39 is 29.2 Å². The number of hydrogen-bond donors (Lipinski definition) is 3. The Balaban J connectivity index is 1.52. The average molecular weight is 444 g/mol. The lowest BCUT2D eigenvalue weighted by atomic mass is 10.0. The molecule has 3 heterocycles. The number of aromatic nitrogens is 1. The van der Waals surface area contributed by atoms with Crippen LogP contribution in [0, 0.1) is 0 Å². The Hall–Kier alpha value is -2.31. The van der Waals surface area contributed by atoms with Crippen LogP contribution in [0.25, 0.3) is 0 Å². The van der Waals surface area contributed by atoms with E-state index in [4.69, 9.17) is 22.2 Å². The fourth-order valence-electron chi connectivity index (χ4n) is 2.69. The van der Waals surface area contributed by atoms with Gasteiger partial charge in [-0.2, -0.15) is 0 Å². The maximum Gasteiger partial charge on any atom is 0.353 e. The van der Waals surface area contributed by atoms with Gasteiger partial charge in [-0.3, -0.25) is 14.5 Å². The molecule has 10 nitrogen and oxygen atoms in total. The molecule has 2 aliphatic heterocycles. The molecular weight excluding hydrogens is 430 g/mol. The molecule has 3 aliphatic rings. The number of nitrogens with one attached hydrogen (secondary N) is 1. The minimum Gasteiger partial charge on any atom is -0.477 e. The summed E-state index contributed by atoms with van der Waals surface area (Å²) in [5.41, 5.74) is 5.54. The predicted octanol–water partition coefficient (Wildman–Crippen LogP) is 0.543. The Morgan fingerprint density at radius 2 is 2.21 bits per heavy atom. The molecule has 0 unspecified atom stereocenters. The van der Waals surface area contributed by atoms with Crippen LogP contribution < -0.4 is 11.1 Å². The summed E-state index contributed by atoms with van der Waals surface area (Å²) in [6.07, 6.45) is 1.69. The highest BCUT2D eigenvalue weighted by atomic mass is 35.5. The number of carbonyl (C=O) groups is 3. The minimum atomic E-state index is -1.29. The summed E-state index contributed by atoms with van der Waals surface area (Å²) in [6.45, 7) is 0. The van der Waals surface area contributed by atoms with Crippen LogP contribution in [0.3, 0.4) is 0 Å². The molecule has 148 valence electrons. The Bertz CT molecular complexity index is 928. The Kier molecular flexibility index (Phi) is 4.93. The summed E-state index contributed by atoms with van der Waals surface area (Å²) in [7, 11) is 0.